The van der Waals surface area contributed by atoms with Crippen LogP contribution in [-0.4, -0.2) is 8.80 Å². The SMILES string of the molecule is c1ccc([SiH]2c3ccc(-c4cccc(N(c5ccc(-c6cccc7ccccc67)cc5)c5ccc(-c6cccc7ccccc67)cc5)c4)cc3-c3c2ccc2ccc4oc5ccccc5c4c32)cc1. The predicted octanol–water partition coefficient (Wildman–Crippen LogP) is 15.7. The van der Waals surface area contributed by atoms with Gasteiger partial charge in [0.05, 0.1) is 0 Å². The molecule has 0 N–H and O–H groups in total. The van der Waals surface area contributed by atoms with Crippen molar-refractivity contribution in [1.29, 1.82) is 0 Å². The van der Waals surface area contributed by atoms with Gasteiger partial charge in [0.25, 0.3) is 0 Å². The Morgan fingerprint density at radius 1 is 0.304 bits per heavy atom. The summed E-state index contributed by atoms with van der Waals surface area (Å²) in [5.74, 6) is 0. The van der Waals surface area contributed by atoms with E-state index in [9.17, 15) is 0 Å². The van der Waals surface area contributed by atoms with Crippen molar-refractivity contribution in [1.82, 2.24) is 0 Å². The van der Waals surface area contributed by atoms with Crippen LogP contribution >= 0.6 is 0 Å². The molecule has 0 saturated heterocycles. The van der Waals surface area contributed by atoms with Crippen molar-refractivity contribution in [2.45, 2.75) is 0 Å². The van der Waals surface area contributed by atoms with Crippen LogP contribution in [0.15, 0.2) is 259 Å². The monoisotopic (exact) mass is 893 g/mol. The van der Waals surface area contributed by atoms with E-state index in [1.807, 2.05) is 0 Å². The lowest BCUT2D eigenvalue weighted by Crippen LogP contribution is -2.48. The number of hydrogen-bond acceptors (Lipinski definition) is 2. The molecule has 13 aromatic rings. The van der Waals surface area contributed by atoms with Gasteiger partial charge < -0.3 is 9.32 Å². The first-order valence-electron chi connectivity index (χ1n) is 23.8. The van der Waals surface area contributed by atoms with Crippen LogP contribution < -0.4 is 20.5 Å². The molecule has 1 aromatic heterocycles. The predicted molar refractivity (Wildman–Crippen MR) is 295 cm³/mol. The number of fused-ring (bicyclic) bond motifs is 11. The zero-order chi connectivity index (χ0) is 45.4. The summed E-state index contributed by atoms with van der Waals surface area (Å²) in [6, 6.07) is 93.8. The minimum atomic E-state index is -1.81. The van der Waals surface area contributed by atoms with Crippen LogP contribution in [0.2, 0.25) is 0 Å². The van der Waals surface area contributed by atoms with Crippen LogP contribution in [0.4, 0.5) is 17.1 Å². The van der Waals surface area contributed by atoms with Gasteiger partial charge in [0.1, 0.15) is 20.0 Å². The Labute approximate surface area is 402 Å². The number of rotatable bonds is 7. The van der Waals surface area contributed by atoms with Gasteiger partial charge in [-0.25, -0.2) is 0 Å². The quantitative estimate of drug-likeness (QED) is 0.148. The first-order chi connectivity index (χ1) is 34.2. The van der Waals surface area contributed by atoms with Crippen molar-refractivity contribution >= 4 is 95.7 Å². The minimum Gasteiger partial charge on any atom is -0.456 e. The molecule has 3 heteroatoms. The highest BCUT2D eigenvalue weighted by atomic mass is 28.3. The molecule has 14 rings (SSSR count). The molecule has 0 aliphatic carbocycles. The van der Waals surface area contributed by atoms with E-state index in [1.54, 1.807) is 0 Å². The topological polar surface area (TPSA) is 16.4 Å². The molecule has 0 spiro atoms. The molecule has 12 aromatic carbocycles. The van der Waals surface area contributed by atoms with Crippen molar-refractivity contribution in [2.75, 3.05) is 4.90 Å². The number of benzene rings is 12. The average Bonchev–Trinajstić information content (AvgIpc) is 3.97. The molecule has 1 unspecified atom stereocenters. The van der Waals surface area contributed by atoms with E-state index < -0.39 is 8.80 Å². The van der Waals surface area contributed by atoms with Crippen molar-refractivity contribution < 1.29 is 4.42 Å². The van der Waals surface area contributed by atoms with Gasteiger partial charge in [-0.1, -0.05) is 205 Å². The molecule has 2 heterocycles. The van der Waals surface area contributed by atoms with Crippen LogP contribution in [-0.2, 0) is 0 Å². The van der Waals surface area contributed by atoms with Gasteiger partial charge in [-0.05, 0) is 136 Å². The Hall–Kier alpha value is -8.76. The second kappa shape index (κ2) is 15.9. The lowest BCUT2D eigenvalue weighted by Gasteiger charge is -2.26. The second-order valence-electron chi connectivity index (χ2n) is 18.3. The molecule has 1 atom stereocenters. The molecule has 69 heavy (non-hydrogen) atoms. The van der Waals surface area contributed by atoms with Crippen LogP contribution in [0.5, 0.6) is 0 Å². The van der Waals surface area contributed by atoms with E-state index >= 15 is 0 Å². The van der Waals surface area contributed by atoms with Gasteiger partial charge in [0.15, 0.2) is 0 Å². The van der Waals surface area contributed by atoms with Crippen LogP contribution in [0.25, 0.3) is 98.8 Å². The lowest BCUT2D eigenvalue weighted by molar-refractivity contribution is 0.669. The van der Waals surface area contributed by atoms with Crippen molar-refractivity contribution in [2.24, 2.45) is 0 Å². The van der Waals surface area contributed by atoms with Gasteiger partial charge in [0, 0.05) is 33.2 Å². The second-order valence-corrected chi connectivity index (χ2v) is 21.1. The molecule has 1 aliphatic rings. The minimum absolute atomic E-state index is 0.925. The summed E-state index contributed by atoms with van der Waals surface area (Å²) in [6.07, 6.45) is 0. The largest absolute Gasteiger partial charge is 0.456 e. The summed E-state index contributed by atoms with van der Waals surface area (Å²) in [7, 11) is -1.81. The highest BCUT2D eigenvalue weighted by Gasteiger charge is 2.34. The third kappa shape index (κ3) is 6.47. The molecule has 0 saturated carbocycles. The van der Waals surface area contributed by atoms with E-state index in [4.69, 9.17) is 4.42 Å². The lowest BCUT2D eigenvalue weighted by atomic mass is 9.92. The van der Waals surface area contributed by atoms with Gasteiger partial charge in [0.2, 0.25) is 0 Å². The fourth-order valence-electron chi connectivity index (χ4n) is 11.4. The summed E-state index contributed by atoms with van der Waals surface area (Å²) in [4.78, 5) is 2.40. The van der Waals surface area contributed by atoms with Crippen molar-refractivity contribution in [3.63, 3.8) is 0 Å². The standard InChI is InChI=1S/C66H43NOSi/c1-2-19-53(20-3-1)69-62-39-33-49(42-59(62)66-63(69)40-32-47-31-38-61-65(64(47)66)58-23-8-9-26-60(58)68-61)48-17-10-18-52(41-48)67(50-34-27-45(28-35-50)56-24-11-15-43-13-4-6-21-54(43)56)51-36-29-46(30-37-51)57-25-12-16-44-14-5-7-22-55(44)57/h1-42,69H. The van der Waals surface area contributed by atoms with Gasteiger partial charge in [-0.15, -0.1) is 0 Å². The first-order valence-corrected chi connectivity index (χ1v) is 25.6. The molecule has 0 bridgehead atoms. The summed E-state index contributed by atoms with van der Waals surface area (Å²) < 4.78 is 6.52. The molecule has 0 amide bonds. The molecule has 1 aliphatic heterocycles. The van der Waals surface area contributed by atoms with E-state index in [0.29, 0.717) is 0 Å². The molecule has 0 fully saturated rings. The number of furan rings is 1. The van der Waals surface area contributed by atoms with E-state index in [-0.39, 0.29) is 0 Å². The van der Waals surface area contributed by atoms with Crippen LogP contribution in [0, 0.1) is 0 Å². The Bertz CT molecular complexity index is 4000. The fourth-order valence-corrected chi connectivity index (χ4v) is 14.7. The van der Waals surface area contributed by atoms with Crippen LogP contribution in [0.3, 0.4) is 0 Å². The smallest absolute Gasteiger partial charge is 0.136 e. The third-order valence-electron chi connectivity index (χ3n) is 14.5. The maximum Gasteiger partial charge on any atom is 0.136 e. The maximum atomic E-state index is 6.52. The zero-order valence-corrected chi connectivity index (χ0v) is 38.8. The average molecular weight is 894 g/mol. The van der Waals surface area contributed by atoms with Gasteiger partial charge in [-0.2, -0.15) is 0 Å². The number of hydrogen-bond donors (Lipinski definition) is 0. The number of anilines is 3. The van der Waals surface area contributed by atoms with E-state index in [0.717, 1.165) is 33.6 Å². The van der Waals surface area contributed by atoms with Crippen LogP contribution in [0.1, 0.15) is 0 Å². The summed E-state index contributed by atoms with van der Waals surface area (Å²) >= 11 is 0. The molecular weight excluding hydrogens is 851 g/mol. The first kappa shape index (κ1) is 39.4. The summed E-state index contributed by atoms with van der Waals surface area (Å²) in [5, 5.41) is 14.3. The van der Waals surface area contributed by atoms with Gasteiger partial charge in [-0.3, -0.25) is 0 Å². The Morgan fingerprint density at radius 2 is 0.855 bits per heavy atom. The fraction of sp³-hybridized carbons (Fsp3) is 0. The maximum absolute atomic E-state index is 6.52. The molecule has 2 nitrogen and oxygen atoms in total. The zero-order valence-electron chi connectivity index (χ0n) is 37.7. The highest BCUT2D eigenvalue weighted by molar-refractivity contribution is 6.99. The summed E-state index contributed by atoms with van der Waals surface area (Å²) in [6.45, 7) is 0. The van der Waals surface area contributed by atoms with E-state index in [2.05, 4.69) is 260 Å². The number of para-hydroxylation sites is 1. The molecule has 0 radical (unpaired) electrons. The highest BCUT2D eigenvalue weighted by Crippen LogP contribution is 2.43. The van der Waals surface area contributed by atoms with E-state index in [1.165, 1.54) is 97.8 Å². The Kier molecular flexibility index (Phi) is 9.11. The van der Waals surface area contributed by atoms with Crippen molar-refractivity contribution in [3.8, 4) is 44.5 Å². The molecular formula is C66H43NOSi. The van der Waals surface area contributed by atoms with Crippen molar-refractivity contribution in [3.05, 3.63) is 255 Å². The third-order valence-corrected chi connectivity index (χ3v) is 17.8. The Morgan fingerprint density at radius 3 is 1.55 bits per heavy atom. The summed E-state index contributed by atoms with van der Waals surface area (Å²) in [5.41, 5.74) is 15.1. The Balaban J connectivity index is 0.921. The normalized spacial score (nSPS) is 13.1. The number of nitrogens with zero attached hydrogens (tertiary/aromatic N) is 1. The molecule has 322 valence electrons. The van der Waals surface area contributed by atoms with Gasteiger partial charge >= 0.3 is 0 Å².